The van der Waals surface area contributed by atoms with Gasteiger partial charge in [-0.05, 0) is 194 Å². The highest BCUT2D eigenvalue weighted by Crippen LogP contribution is 2.58. The molecule has 0 spiro atoms. The first-order chi connectivity index (χ1) is 55.9. The number of imide groups is 1. The number of likely N-dealkylation sites (N-methyl/N-ethyl adjacent to an activating group) is 1. The Hall–Kier alpha value is -10.6. The van der Waals surface area contributed by atoms with Crippen LogP contribution in [0.3, 0.4) is 0 Å². The topological polar surface area (TPSA) is 464 Å². The van der Waals surface area contributed by atoms with Crippen LogP contribution in [0, 0.1) is 47.3 Å². The molecule has 15 bridgehead atoms. The minimum atomic E-state index is -2.21. The minimum Gasteiger partial charge on any atom is -0.508 e. The van der Waals surface area contributed by atoms with Crippen LogP contribution in [0.1, 0.15) is 149 Å². The number of hydrogen-bond donors (Lipinski definition) is 15. The number of carbonyl (C=O) groups excluding carboxylic acids is 10. The molecule has 4 aliphatic carbocycles. The summed E-state index contributed by atoms with van der Waals surface area (Å²) in [6.07, 6.45) is -11.5. The summed E-state index contributed by atoms with van der Waals surface area (Å²) in [4.78, 5) is 151. The van der Waals surface area contributed by atoms with Crippen molar-refractivity contribution >= 4 is 87.9 Å². The molecule has 11 aliphatic rings. The number of carbonyl (C=O) groups is 10. The average molecular weight is 1650 g/mol. The van der Waals surface area contributed by atoms with E-state index in [0.29, 0.717) is 37.2 Å². The van der Waals surface area contributed by atoms with Crippen LogP contribution in [0.25, 0.3) is 11.1 Å². The molecule has 620 valence electrons. The number of aliphatic hydroxyl groups excluding tert-OH is 4. The zero-order valence-electron chi connectivity index (χ0n) is 64.2. The lowest BCUT2D eigenvalue weighted by molar-refractivity contribution is -0.275. The lowest BCUT2D eigenvalue weighted by Gasteiger charge is -2.54. The second-order valence-corrected chi connectivity index (χ2v) is 32.9. The number of anilines is 1. The lowest BCUT2D eigenvalue weighted by Crippen LogP contribution is -2.65. The van der Waals surface area contributed by atoms with Gasteiger partial charge in [-0.1, -0.05) is 62.2 Å². The number of fused-ring (bicyclic) bond motifs is 16. The largest absolute Gasteiger partial charge is 0.508 e. The second kappa shape index (κ2) is 34.9. The highest BCUT2D eigenvalue weighted by molar-refractivity contribution is 6.32. The van der Waals surface area contributed by atoms with Gasteiger partial charge in [0.05, 0.1) is 28.4 Å². The monoisotopic (exact) mass is 1650 g/mol. The van der Waals surface area contributed by atoms with Gasteiger partial charge in [0, 0.05) is 61.0 Å². The average Bonchev–Trinajstić information content (AvgIpc) is 0.758. The fourth-order valence-electron chi connectivity index (χ4n) is 18.0. The third kappa shape index (κ3) is 18.0. The third-order valence-corrected chi connectivity index (χ3v) is 24.2. The van der Waals surface area contributed by atoms with Crippen molar-refractivity contribution in [3.05, 3.63) is 141 Å². The molecular weight excluding hydrogens is 1560 g/mol. The smallest absolute Gasteiger partial charge is 0.407 e. The Morgan fingerprint density at radius 3 is 1.97 bits per heavy atom. The normalized spacial score (nSPS) is 28.2. The van der Waals surface area contributed by atoms with E-state index in [-0.39, 0.29) is 109 Å². The minimum absolute atomic E-state index is 0.0387. The molecule has 6 aromatic carbocycles. The number of hydrogen-bond acceptors (Lipinski definition) is 24. The van der Waals surface area contributed by atoms with E-state index in [4.69, 9.17) is 51.6 Å². The fraction of sp³-hybridized carbons (Fsp3) is 0.452. The van der Waals surface area contributed by atoms with Crippen LogP contribution in [0.15, 0.2) is 103 Å². The van der Waals surface area contributed by atoms with Crippen LogP contribution in [-0.2, 0) is 47.8 Å². The first-order valence-corrected chi connectivity index (χ1v) is 40.0. The van der Waals surface area contributed by atoms with Crippen LogP contribution < -0.4 is 61.5 Å². The molecule has 31 nitrogen and oxygen atoms in total. The summed E-state index contributed by atoms with van der Waals surface area (Å²) in [5.74, 6) is -15.3. The van der Waals surface area contributed by atoms with Gasteiger partial charge in [0.15, 0.2) is 35.0 Å². The van der Waals surface area contributed by atoms with Gasteiger partial charge in [-0.25, -0.2) is 9.59 Å². The van der Waals surface area contributed by atoms with Gasteiger partial charge in [0.2, 0.25) is 41.6 Å². The number of aliphatic hydroxyl groups is 4. The molecule has 8 amide bonds. The van der Waals surface area contributed by atoms with Gasteiger partial charge >= 0.3 is 12.1 Å². The predicted octanol–water partition coefficient (Wildman–Crippen LogP) is 8.45. The summed E-state index contributed by atoms with van der Waals surface area (Å²) < 4.78 is 37.2. The number of amides is 8. The number of Topliss-reactive ketones (excluding diaryl/α,β-unsaturated/α-hetero) is 3. The molecule has 7 heterocycles. The molecule has 0 radical (unpaired) electrons. The molecule has 33 heteroatoms. The lowest BCUT2D eigenvalue weighted by atomic mass is 9.51. The molecule has 17 rings (SSSR count). The number of nitrogens with one attached hydrogen (secondary N) is 8. The first kappa shape index (κ1) is 82.9. The molecule has 0 aromatic heterocycles. The third-order valence-electron chi connectivity index (χ3n) is 23.6. The second-order valence-electron chi connectivity index (χ2n) is 32.0. The highest BCUT2D eigenvalue weighted by atomic mass is 35.5. The van der Waals surface area contributed by atoms with Gasteiger partial charge in [-0.3, -0.25) is 43.7 Å². The van der Waals surface area contributed by atoms with Crippen molar-refractivity contribution in [1.82, 2.24) is 37.2 Å². The van der Waals surface area contributed by atoms with Crippen LogP contribution in [0.4, 0.5) is 15.3 Å². The molecule has 15 N–H and O–H groups in total. The summed E-state index contributed by atoms with van der Waals surface area (Å²) in [5.41, 5.74) is -1.36. The van der Waals surface area contributed by atoms with E-state index < -0.39 is 198 Å². The van der Waals surface area contributed by atoms with Gasteiger partial charge in [-0.15, -0.1) is 0 Å². The Bertz CT molecular complexity index is 4860. The number of phenolic OH excluding ortho intramolecular Hbond substituents is 3. The fourth-order valence-corrected chi connectivity index (χ4v) is 18.4. The maximum Gasteiger partial charge on any atom is 0.407 e. The Labute approximate surface area is 681 Å². The van der Waals surface area contributed by atoms with Crippen LogP contribution in [0.2, 0.25) is 10.0 Å². The summed E-state index contributed by atoms with van der Waals surface area (Å²) in [6.45, 7) is 6.08. The maximum absolute atomic E-state index is 16.6. The molecule has 14 atom stereocenters. The summed E-state index contributed by atoms with van der Waals surface area (Å²) in [7, 11) is 1.75. The molecule has 4 saturated carbocycles. The van der Waals surface area contributed by atoms with E-state index in [1.165, 1.54) is 60.7 Å². The SMILES string of the molecule is CC[C@H](CC(C)C)C(=O)N[C@H]1C(=O)C[C@@H](CC(=O)NC(=O)Nc2ccc(OCCNC)cc2)C(=O)N[C@H]2C(=O)C[C@H]3C(=O)N[C@H](C(=O)N[C@H](C(=O)CC4C5CC6CC(C5)CC4C6)c4cc(O)cc(O)c4-c4cc3ccc4O)[C@H](O)c3ccc(c(Cl)c3)Oc3cc2cc(c3O[C@@H]2O[C@@H]3CNC(=O)O[C@H]3[C@H](O)[C@H]2O)Oc2ccc(cc2Cl)[C@H]1O. The number of phenols is 3. The number of halogens is 2. The van der Waals surface area contributed by atoms with E-state index in [0.717, 1.165) is 62.4 Å². The van der Waals surface area contributed by atoms with Crippen molar-refractivity contribution in [3.8, 4) is 62.9 Å². The standard InChI is InChI=1S/C84H92Cl2N8O23/c1-5-39(18-36(2)3)78(106)93-70-58(98)27-46(30-66(101)90-83(110)89-47-9-11-49(12-10-47)112-17-16-87-4)79(107)91-68-45-28-63(113-61-14-7-41(72(70)102)25-54(61)85)76(116-82-75(105)74(104)77-65(115-82)35-88-84(111)117-77)64(29-45)114-62-15-8-42(26-55(62)86)73(103)71-81(109)92-69(60(100)33-50-43-20-37-19-38(22-43)23-44(50)21-37)53-31-48(95)32-57(97)67(53)52-24-40(6-13-56(52)96)51(34-59(68)99)80(108)94-71/h6-15,24-26,28-29,31-32,36-39,43-44,46,50-51,65,68-75,77,82,87,95-97,102-105H,5,16-23,27,30,33-35H2,1-4H3,(H,88,111)(H,91,107)(H,92,109)(H,93,106)(H,94,108)(H2,89,90,101,110)/t37?,38?,39-,43?,44?,46+,50?,51-,65-,68-,69+,70+,71+,72-,73-,74-,75-,77-,82+/m1/s1. The zero-order chi connectivity index (χ0) is 83.1. The molecule has 7 aliphatic heterocycles. The van der Waals surface area contributed by atoms with Crippen molar-refractivity contribution in [2.75, 3.05) is 32.1 Å². The van der Waals surface area contributed by atoms with E-state index in [1.807, 2.05) is 13.8 Å². The van der Waals surface area contributed by atoms with E-state index in [1.54, 1.807) is 26.1 Å². The maximum atomic E-state index is 16.6. The van der Waals surface area contributed by atoms with Gasteiger partial charge in [-0.2, -0.15) is 0 Å². The highest BCUT2D eigenvalue weighted by Gasteiger charge is 2.53. The summed E-state index contributed by atoms with van der Waals surface area (Å²) >= 11 is 14.4. The number of ketones is 3. The number of alkyl carbamates (subject to hydrolysis) is 1. The van der Waals surface area contributed by atoms with Crippen molar-refractivity contribution in [2.24, 2.45) is 47.3 Å². The van der Waals surface area contributed by atoms with Crippen molar-refractivity contribution < 1.29 is 112 Å². The van der Waals surface area contributed by atoms with Gasteiger partial charge in [0.25, 0.3) is 0 Å². The van der Waals surface area contributed by atoms with E-state index in [2.05, 4.69) is 42.5 Å². The Morgan fingerprint density at radius 1 is 0.667 bits per heavy atom. The number of ether oxygens (including phenoxy) is 6. The van der Waals surface area contributed by atoms with Gasteiger partial charge < -0.3 is 101 Å². The quantitative estimate of drug-likeness (QED) is 0.0381. The molecule has 6 fully saturated rings. The van der Waals surface area contributed by atoms with E-state index >= 15 is 28.8 Å². The van der Waals surface area contributed by atoms with Crippen molar-refractivity contribution in [2.45, 2.75) is 164 Å². The van der Waals surface area contributed by atoms with Crippen molar-refractivity contribution in [3.63, 3.8) is 0 Å². The Kier molecular flexibility index (Phi) is 24.7. The first-order valence-electron chi connectivity index (χ1n) is 39.2. The Balaban J connectivity index is 0.936. The number of rotatable bonds is 17. The van der Waals surface area contributed by atoms with Crippen LogP contribution >= 0.6 is 23.2 Å². The molecule has 0 unspecified atom stereocenters. The number of urea groups is 1. The van der Waals surface area contributed by atoms with Crippen LogP contribution in [0.5, 0.6) is 51.7 Å². The predicted molar refractivity (Wildman–Crippen MR) is 418 cm³/mol. The van der Waals surface area contributed by atoms with E-state index in [9.17, 15) is 54.9 Å². The number of benzene rings is 6. The van der Waals surface area contributed by atoms with Crippen LogP contribution in [-0.4, -0.2) is 164 Å². The Morgan fingerprint density at radius 2 is 1.32 bits per heavy atom. The molecule has 117 heavy (non-hydrogen) atoms. The molecular formula is C84H92Cl2N8O23. The molecule has 2 saturated heterocycles. The van der Waals surface area contributed by atoms with Crippen molar-refractivity contribution in [1.29, 1.82) is 0 Å². The summed E-state index contributed by atoms with van der Waals surface area (Å²) in [5, 5.41) is 105. The van der Waals surface area contributed by atoms with Gasteiger partial charge in [0.1, 0.15) is 95.8 Å². The number of aromatic hydroxyl groups is 3. The molecule has 6 aromatic rings. The summed E-state index contributed by atoms with van der Waals surface area (Å²) in [6, 6.07) is 12.3. The zero-order valence-corrected chi connectivity index (χ0v) is 65.7.